The lowest BCUT2D eigenvalue weighted by atomic mass is 9.61. The number of unbranched alkanes of at least 4 members (excludes halogenated alkanes) is 2. The normalized spacial score (nSPS) is 34.8. The maximum Gasteiger partial charge on any atom is -0.0326 e. The second-order valence-electron chi connectivity index (χ2n) is 10.5. The first-order valence-corrected chi connectivity index (χ1v) is 11.3. The summed E-state index contributed by atoms with van der Waals surface area (Å²) in [5.41, 5.74) is 0.607. The Kier molecular flexibility index (Phi) is 7.69. The van der Waals surface area contributed by atoms with Crippen LogP contribution >= 0.6 is 0 Å². The zero-order chi connectivity index (χ0) is 17.7. The smallest absolute Gasteiger partial charge is 0.0326 e. The highest BCUT2D eigenvalue weighted by atomic mass is 14.5. The molecule has 2 rings (SSSR count). The molecule has 0 N–H and O–H groups in total. The molecule has 0 nitrogen and oxygen atoms in total. The maximum atomic E-state index is 2.55. The average Bonchev–Trinajstić information content (AvgIpc) is 2.75. The molecule has 4 unspecified atom stereocenters. The fourth-order valence-corrected chi connectivity index (χ4v) is 5.65. The summed E-state index contributed by atoms with van der Waals surface area (Å²) >= 11 is 0. The number of rotatable bonds is 10. The Balaban J connectivity index is 1.57. The van der Waals surface area contributed by atoms with Crippen LogP contribution in [0.2, 0.25) is 0 Å². The zero-order valence-electron chi connectivity index (χ0n) is 17.7. The first kappa shape index (κ1) is 20.3. The van der Waals surface area contributed by atoms with Gasteiger partial charge in [-0.25, -0.2) is 0 Å². The van der Waals surface area contributed by atoms with Crippen LogP contribution in [0.25, 0.3) is 0 Å². The van der Waals surface area contributed by atoms with Crippen LogP contribution in [0.15, 0.2) is 0 Å². The summed E-state index contributed by atoms with van der Waals surface area (Å²) in [7, 11) is 0. The van der Waals surface area contributed by atoms with Crippen LogP contribution in [0.1, 0.15) is 112 Å². The van der Waals surface area contributed by atoms with Crippen molar-refractivity contribution in [3.05, 3.63) is 0 Å². The molecule has 0 radical (unpaired) electrons. The molecule has 0 amide bonds. The molecule has 2 aliphatic rings. The van der Waals surface area contributed by atoms with Gasteiger partial charge in [0.1, 0.15) is 0 Å². The van der Waals surface area contributed by atoms with E-state index in [0.717, 1.165) is 35.5 Å². The van der Waals surface area contributed by atoms with Gasteiger partial charge < -0.3 is 0 Å². The molecule has 0 bridgehead atoms. The molecule has 0 aliphatic heterocycles. The standard InChI is InChI=1S/C24H46/c1-7-8-11-18(2)12-9-10-13-19(3)21-16-22(17-21)23-14-15-24(5,6)20(23)4/h18-23H,7-17H2,1-6H3. The summed E-state index contributed by atoms with van der Waals surface area (Å²) in [6, 6.07) is 0. The van der Waals surface area contributed by atoms with Crippen molar-refractivity contribution < 1.29 is 0 Å². The van der Waals surface area contributed by atoms with Crippen molar-refractivity contribution in [3.8, 4) is 0 Å². The maximum absolute atomic E-state index is 2.55. The van der Waals surface area contributed by atoms with Gasteiger partial charge in [-0.2, -0.15) is 0 Å². The molecule has 24 heavy (non-hydrogen) atoms. The van der Waals surface area contributed by atoms with Crippen molar-refractivity contribution in [2.24, 2.45) is 40.9 Å². The lowest BCUT2D eigenvalue weighted by molar-refractivity contribution is 0.0507. The van der Waals surface area contributed by atoms with E-state index in [1.54, 1.807) is 12.8 Å². The summed E-state index contributed by atoms with van der Waals surface area (Å²) < 4.78 is 0. The van der Waals surface area contributed by atoms with E-state index < -0.39 is 0 Å². The van der Waals surface area contributed by atoms with Crippen molar-refractivity contribution in [1.82, 2.24) is 0 Å². The van der Waals surface area contributed by atoms with Gasteiger partial charge in [0.2, 0.25) is 0 Å². The van der Waals surface area contributed by atoms with Crippen LogP contribution < -0.4 is 0 Å². The lowest BCUT2D eigenvalue weighted by Crippen LogP contribution is -2.36. The molecule has 2 aliphatic carbocycles. The Morgan fingerprint density at radius 2 is 1.58 bits per heavy atom. The summed E-state index contributed by atoms with van der Waals surface area (Å²) in [6.07, 6.45) is 16.2. The quantitative estimate of drug-likeness (QED) is 0.354. The molecule has 0 aromatic carbocycles. The van der Waals surface area contributed by atoms with Gasteiger partial charge in [-0.05, 0) is 66.6 Å². The molecule has 0 aromatic heterocycles. The summed E-state index contributed by atoms with van der Waals surface area (Å²) in [4.78, 5) is 0. The van der Waals surface area contributed by atoms with Crippen LogP contribution in [-0.4, -0.2) is 0 Å². The van der Waals surface area contributed by atoms with E-state index in [2.05, 4.69) is 41.5 Å². The molecule has 0 saturated heterocycles. The third-order valence-electron chi connectivity index (χ3n) is 8.27. The minimum Gasteiger partial charge on any atom is -0.0654 e. The van der Waals surface area contributed by atoms with Gasteiger partial charge in [0.25, 0.3) is 0 Å². The molecule has 2 fully saturated rings. The summed E-state index contributed by atoms with van der Waals surface area (Å²) in [5, 5.41) is 0. The Hall–Kier alpha value is 0. The lowest BCUT2D eigenvalue weighted by Gasteiger charge is -2.45. The largest absolute Gasteiger partial charge is 0.0654 e. The molecule has 2 saturated carbocycles. The first-order valence-electron chi connectivity index (χ1n) is 11.3. The van der Waals surface area contributed by atoms with Crippen molar-refractivity contribution >= 4 is 0 Å². The van der Waals surface area contributed by atoms with Gasteiger partial charge in [-0.3, -0.25) is 0 Å². The Morgan fingerprint density at radius 1 is 0.958 bits per heavy atom. The first-order chi connectivity index (χ1) is 11.3. The van der Waals surface area contributed by atoms with Crippen LogP contribution in [0.4, 0.5) is 0 Å². The van der Waals surface area contributed by atoms with E-state index in [1.807, 2.05) is 0 Å². The minimum atomic E-state index is 0.607. The Bertz CT molecular complexity index is 349. The Labute approximate surface area is 153 Å². The van der Waals surface area contributed by atoms with Gasteiger partial charge in [0.05, 0.1) is 0 Å². The molecule has 4 atom stereocenters. The van der Waals surface area contributed by atoms with E-state index in [4.69, 9.17) is 0 Å². The molecule has 0 heterocycles. The van der Waals surface area contributed by atoms with Crippen molar-refractivity contribution in [1.29, 1.82) is 0 Å². The second kappa shape index (κ2) is 9.09. The minimum absolute atomic E-state index is 0.607. The van der Waals surface area contributed by atoms with E-state index in [0.29, 0.717) is 5.41 Å². The molecule has 142 valence electrons. The van der Waals surface area contributed by atoms with Crippen molar-refractivity contribution in [3.63, 3.8) is 0 Å². The summed E-state index contributed by atoms with van der Waals surface area (Å²) in [6.45, 7) is 14.8. The van der Waals surface area contributed by atoms with Crippen LogP contribution in [0.5, 0.6) is 0 Å². The third kappa shape index (κ3) is 5.25. The van der Waals surface area contributed by atoms with Crippen LogP contribution in [-0.2, 0) is 0 Å². The highest BCUT2D eigenvalue weighted by Crippen LogP contribution is 2.55. The number of hydrogen-bond donors (Lipinski definition) is 0. The van der Waals surface area contributed by atoms with Crippen molar-refractivity contribution in [2.75, 3.05) is 0 Å². The van der Waals surface area contributed by atoms with E-state index in [1.165, 1.54) is 57.8 Å². The molecule has 0 aromatic rings. The van der Waals surface area contributed by atoms with Gasteiger partial charge in [0, 0.05) is 0 Å². The highest BCUT2D eigenvalue weighted by molar-refractivity contribution is 4.96. The fourth-order valence-electron chi connectivity index (χ4n) is 5.65. The van der Waals surface area contributed by atoms with Crippen LogP contribution in [0.3, 0.4) is 0 Å². The van der Waals surface area contributed by atoms with E-state index in [9.17, 15) is 0 Å². The van der Waals surface area contributed by atoms with Gasteiger partial charge in [-0.1, -0.05) is 86.5 Å². The molecular weight excluding hydrogens is 288 g/mol. The monoisotopic (exact) mass is 334 g/mol. The summed E-state index contributed by atoms with van der Waals surface area (Å²) in [5.74, 6) is 6.07. The van der Waals surface area contributed by atoms with Crippen molar-refractivity contribution in [2.45, 2.75) is 112 Å². The average molecular weight is 335 g/mol. The SMILES string of the molecule is CCCCC(C)CCCCC(C)C1CC(C2CCC(C)(C)C2C)C1. The zero-order valence-corrected chi connectivity index (χ0v) is 17.7. The van der Waals surface area contributed by atoms with Crippen LogP contribution in [0, 0.1) is 40.9 Å². The predicted octanol–water partition coefficient (Wildman–Crippen LogP) is 8.11. The fraction of sp³-hybridized carbons (Fsp3) is 1.00. The van der Waals surface area contributed by atoms with Gasteiger partial charge >= 0.3 is 0 Å². The number of hydrogen-bond acceptors (Lipinski definition) is 0. The Morgan fingerprint density at radius 3 is 2.17 bits per heavy atom. The second-order valence-corrected chi connectivity index (χ2v) is 10.5. The van der Waals surface area contributed by atoms with Gasteiger partial charge in [-0.15, -0.1) is 0 Å². The predicted molar refractivity (Wildman–Crippen MR) is 108 cm³/mol. The highest BCUT2D eigenvalue weighted by Gasteiger charge is 2.46. The van der Waals surface area contributed by atoms with E-state index in [-0.39, 0.29) is 0 Å². The third-order valence-corrected chi connectivity index (χ3v) is 8.27. The topological polar surface area (TPSA) is 0 Å². The van der Waals surface area contributed by atoms with Gasteiger partial charge in [0.15, 0.2) is 0 Å². The van der Waals surface area contributed by atoms with E-state index >= 15 is 0 Å². The molecular formula is C24H46. The molecule has 0 heteroatoms. The molecule has 0 spiro atoms.